The van der Waals surface area contributed by atoms with Crippen molar-refractivity contribution in [2.45, 2.75) is 71.8 Å². The van der Waals surface area contributed by atoms with Crippen molar-refractivity contribution in [2.24, 2.45) is 0 Å². The van der Waals surface area contributed by atoms with Gasteiger partial charge >= 0.3 is 12.1 Å². The summed E-state index contributed by atoms with van der Waals surface area (Å²) in [5, 5.41) is 12.4. The maximum Gasteiger partial charge on any atom is 0.416 e. The Labute approximate surface area is 229 Å². The maximum absolute atomic E-state index is 13.4. The second-order valence-corrected chi connectivity index (χ2v) is 11.3. The fourth-order valence-electron chi connectivity index (χ4n) is 4.64. The molecule has 0 heterocycles. The van der Waals surface area contributed by atoms with Gasteiger partial charge in [-0.1, -0.05) is 80.9 Å². The number of hydrogen-bond acceptors (Lipinski definition) is 3. The Bertz CT molecular complexity index is 1230. The molecule has 3 aromatic carbocycles. The summed E-state index contributed by atoms with van der Waals surface area (Å²) < 4.78 is 40.3. The molecule has 2 N–H and O–H groups in total. The monoisotopic (exact) mass is 540 g/mol. The molecule has 0 bridgehead atoms. The van der Waals surface area contributed by atoms with Crippen molar-refractivity contribution in [1.82, 2.24) is 10.2 Å². The highest BCUT2D eigenvalue weighted by molar-refractivity contribution is 5.70. The Morgan fingerprint density at radius 3 is 2.15 bits per heavy atom. The summed E-state index contributed by atoms with van der Waals surface area (Å²) >= 11 is 0. The van der Waals surface area contributed by atoms with Gasteiger partial charge in [0.25, 0.3) is 0 Å². The highest BCUT2D eigenvalue weighted by atomic mass is 19.4. The van der Waals surface area contributed by atoms with E-state index in [0.29, 0.717) is 37.3 Å². The fourth-order valence-corrected chi connectivity index (χ4v) is 4.64. The molecule has 0 aliphatic carbocycles. The van der Waals surface area contributed by atoms with Crippen LogP contribution >= 0.6 is 0 Å². The van der Waals surface area contributed by atoms with Crippen LogP contribution in [0, 0.1) is 6.92 Å². The number of carbonyl (C=O) groups is 1. The third kappa shape index (κ3) is 10.2. The summed E-state index contributed by atoms with van der Waals surface area (Å²) in [6, 6.07) is 20.3. The number of alkyl halides is 3. The zero-order chi connectivity index (χ0) is 28.6. The van der Waals surface area contributed by atoms with Crippen LogP contribution in [0.4, 0.5) is 13.2 Å². The van der Waals surface area contributed by atoms with Crippen LogP contribution in [-0.4, -0.2) is 29.1 Å². The van der Waals surface area contributed by atoms with Gasteiger partial charge in [-0.05, 0) is 65.3 Å². The number of hydrogen-bond donors (Lipinski definition) is 2. The Balaban J connectivity index is 1.66. The first-order valence-corrected chi connectivity index (χ1v) is 13.3. The molecule has 0 aromatic heterocycles. The number of halogens is 3. The zero-order valence-corrected chi connectivity index (χ0v) is 23.2. The summed E-state index contributed by atoms with van der Waals surface area (Å²) in [6.45, 7) is 11.3. The lowest BCUT2D eigenvalue weighted by Crippen LogP contribution is -2.27. The highest BCUT2D eigenvalue weighted by Gasteiger charge is 2.31. The second-order valence-electron chi connectivity index (χ2n) is 11.3. The van der Waals surface area contributed by atoms with E-state index in [9.17, 15) is 18.0 Å². The van der Waals surface area contributed by atoms with Gasteiger partial charge in [-0.15, -0.1) is 0 Å². The number of nitrogens with one attached hydrogen (secondary N) is 1. The first kappa shape index (κ1) is 30.4. The van der Waals surface area contributed by atoms with Gasteiger partial charge in [0, 0.05) is 26.2 Å². The largest absolute Gasteiger partial charge is 0.481 e. The Morgan fingerprint density at radius 1 is 0.846 bits per heavy atom. The Kier molecular flexibility index (Phi) is 10.3. The van der Waals surface area contributed by atoms with E-state index >= 15 is 0 Å². The van der Waals surface area contributed by atoms with Crippen molar-refractivity contribution in [3.63, 3.8) is 0 Å². The number of rotatable bonds is 12. The number of aryl methyl sites for hydroxylation is 1. The van der Waals surface area contributed by atoms with Crippen LogP contribution in [0.5, 0.6) is 0 Å². The number of nitrogens with zero attached hydrogens (tertiary/aromatic N) is 1. The summed E-state index contributed by atoms with van der Waals surface area (Å²) in [6.07, 6.45) is -3.57. The van der Waals surface area contributed by atoms with Gasteiger partial charge < -0.3 is 10.4 Å². The molecule has 0 radical (unpaired) electrons. The van der Waals surface area contributed by atoms with Gasteiger partial charge in [-0.2, -0.15) is 13.2 Å². The van der Waals surface area contributed by atoms with E-state index in [0.717, 1.165) is 29.7 Å². The van der Waals surface area contributed by atoms with Crippen LogP contribution in [0.15, 0.2) is 66.7 Å². The number of carboxylic acid groups (broad SMARTS) is 1. The topological polar surface area (TPSA) is 52.6 Å². The minimum Gasteiger partial charge on any atom is -0.481 e. The third-order valence-electron chi connectivity index (χ3n) is 6.60. The van der Waals surface area contributed by atoms with Gasteiger partial charge in [-0.25, -0.2) is 0 Å². The predicted molar refractivity (Wildman–Crippen MR) is 150 cm³/mol. The van der Waals surface area contributed by atoms with Gasteiger partial charge in [0.05, 0.1) is 12.0 Å². The molecular weight excluding hydrogens is 501 g/mol. The molecule has 3 rings (SSSR count). The third-order valence-corrected chi connectivity index (χ3v) is 6.60. The van der Waals surface area contributed by atoms with Crippen molar-refractivity contribution in [3.8, 4) is 0 Å². The van der Waals surface area contributed by atoms with Crippen LogP contribution in [0.25, 0.3) is 0 Å². The lowest BCUT2D eigenvalue weighted by atomic mass is 9.87. The Morgan fingerprint density at radius 2 is 1.51 bits per heavy atom. The van der Waals surface area contributed by atoms with Crippen molar-refractivity contribution >= 4 is 5.97 Å². The van der Waals surface area contributed by atoms with E-state index in [4.69, 9.17) is 5.11 Å². The van der Waals surface area contributed by atoms with Gasteiger partial charge in [0.1, 0.15) is 0 Å². The molecule has 0 saturated carbocycles. The summed E-state index contributed by atoms with van der Waals surface area (Å²) in [7, 11) is 0. The van der Waals surface area contributed by atoms with E-state index in [1.165, 1.54) is 17.7 Å². The number of aliphatic carboxylic acids is 1. The second kappa shape index (κ2) is 13.3. The highest BCUT2D eigenvalue weighted by Crippen LogP contribution is 2.31. The van der Waals surface area contributed by atoms with Crippen LogP contribution in [0.3, 0.4) is 0 Å². The summed E-state index contributed by atoms with van der Waals surface area (Å²) in [4.78, 5) is 13.2. The number of carboxylic acids is 1. The fraction of sp³-hybridized carbons (Fsp3) is 0.406. The molecule has 39 heavy (non-hydrogen) atoms. The molecule has 7 heteroatoms. The minimum absolute atomic E-state index is 0.00541. The van der Waals surface area contributed by atoms with Crippen molar-refractivity contribution < 1.29 is 23.1 Å². The molecular formula is C32H39F3N2O2. The van der Waals surface area contributed by atoms with Crippen LogP contribution in [0.2, 0.25) is 0 Å². The van der Waals surface area contributed by atoms with Crippen molar-refractivity contribution in [1.29, 1.82) is 0 Å². The van der Waals surface area contributed by atoms with E-state index in [1.807, 2.05) is 24.3 Å². The molecule has 4 nitrogen and oxygen atoms in total. The molecule has 0 spiro atoms. The molecule has 0 saturated heterocycles. The summed E-state index contributed by atoms with van der Waals surface area (Å²) in [5.74, 6) is -0.857. The van der Waals surface area contributed by atoms with Crippen molar-refractivity contribution in [2.75, 3.05) is 13.1 Å². The van der Waals surface area contributed by atoms with Crippen LogP contribution in [0.1, 0.15) is 66.1 Å². The molecule has 3 aromatic rings. The molecule has 0 unspecified atom stereocenters. The average molecular weight is 541 g/mol. The normalized spacial score (nSPS) is 12.2. The molecule has 0 fully saturated rings. The van der Waals surface area contributed by atoms with Gasteiger partial charge in [0.2, 0.25) is 0 Å². The quantitative estimate of drug-likeness (QED) is 0.240. The Hall–Kier alpha value is -3.16. The molecule has 0 amide bonds. The van der Waals surface area contributed by atoms with E-state index in [-0.39, 0.29) is 11.8 Å². The predicted octanol–water partition coefficient (Wildman–Crippen LogP) is 7.12. The lowest BCUT2D eigenvalue weighted by molar-refractivity contribution is -0.138. The van der Waals surface area contributed by atoms with Crippen molar-refractivity contribution in [3.05, 3.63) is 106 Å². The molecule has 210 valence electrons. The molecule has 0 atom stereocenters. The first-order valence-electron chi connectivity index (χ1n) is 13.3. The average Bonchev–Trinajstić information content (AvgIpc) is 2.82. The maximum atomic E-state index is 13.4. The summed E-state index contributed by atoms with van der Waals surface area (Å²) in [5.41, 5.74) is 4.83. The van der Waals surface area contributed by atoms with Gasteiger partial charge in [-0.3, -0.25) is 9.69 Å². The van der Waals surface area contributed by atoms with Gasteiger partial charge in [0.15, 0.2) is 0 Å². The lowest BCUT2D eigenvalue weighted by Gasteiger charge is -2.24. The first-order chi connectivity index (χ1) is 18.3. The van der Waals surface area contributed by atoms with Crippen LogP contribution in [-0.2, 0) is 42.4 Å². The standard InChI is InChI=1S/C32H39F3N2O2/c1-23-15-27(18-29(16-23)32(33,34)35)22-37(21-24-9-11-28(12-10-24)31(2,3)4)14-6-13-36-20-26-8-5-7-25(17-26)19-30(38)39/h5,7-12,15-18,36H,6,13-14,19-22H2,1-4H3,(H,38,39). The van der Waals surface area contributed by atoms with E-state index < -0.39 is 17.7 Å². The molecule has 0 aliphatic rings. The number of benzene rings is 3. The smallest absolute Gasteiger partial charge is 0.416 e. The van der Waals surface area contributed by atoms with E-state index in [2.05, 4.69) is 55.3 Å². The minimum atomic E-state index is -4.37. The SMILES string of the molecule is Cc1cc(CN(CCCNCc2cccc(CC(=O)O)c2)Cc2ccc(C(C)(C)C)cc2)cc(C(F)(F)F)c1. The molecule has 0 aliphatic heterocycles. The van der Waals surface area contributed by atoms with E-state index in [1.54, 1.807) is 13.0 Å². The van der Waals surface area contributed by atoms with Crippen LogP contribution < -0.4 is 5.32 Å². The zero-order valence-electron chi connectivity index (χ0n) is 23.2.